The Kier molecular flexibility index (Phi) is 3.91. The van der Waals surface area contributed by atoms with Crippen molar-refractivity contribution < 1.29 is 14.3 Å². The second-order valence-corrected chi connectivity index (χ2v) is 6.78. The molecule has 0 aromatic carbocycles. The van der Waals surface area contributed by atoms with Crippen molar-refractivity contribution in [2.24, 2.45) is 10.8 Å². The lowest BCUT2D eigenvalue weighted by Crippen LogP contribution is -2.55. The van der Waals surface area contributed by atoms with Gasteiger partial charge in [-0.2, -0.15) is 10.5 Å². The molecule has 0 N–H and O–H groups in total. The Hall–Kier alpha value is -2.08. The summed E-state index contributed by atoms with van der Waals surface area (Å²) in [6.45, 7) is 6.16. The number of nitriles is 2. The fourth-order valence-electron chi connectivity index (χ4n) is 3.66. The number of carbonyl (C=O) groups excluding carboxylic acids is 2. The first-order valence-electron chi connectivity index (χ1n) is 7.53. The molecule has 1 saturated carbocycles. The van der Waals surface area contributed by atoms with Crippen molar-refractivity contribution in [1.82, 2.24) is 4.90 Å². The number of amides is 1. The fourth-order valence-corrected chi connectivity index (χ4v) is 3.66. The summed E-state index contributed by atoms with van der Waals surface area (Å²) in [5.41, 5.74) is -2.42. The highest BCUT2D eigenvalue weighted by atomic mass is 16.6. The van der Waals surface area contributed by atoms with Crippen molar-refractivity contribution in [3.8, 4) is 12.1 Å². The van der Waals surface area contributed by atoms with Gasteiger partial charge >= 0.3 is 5.97 Å². The highest BCUT2D eigenvalue weighted by Crippen LogP contribution is 2.65. The van der Waals surface area contributed by atoms with Crippen LogP contribution in [-0.4, -0.2) is 35.5 Å². The summed E-state index contributed by atoms with van der Waals surface area (Å²) in [5.74, 6) is -0.588. The Balaban J connectivity index is 2.32. The summed E-state index contributed by atoms with van der Waals surface area (Å²) >= 11 is 0. The topological polar surface area (TPSA) is 94.2 Å². The van der Waals surface area contributed by atoms with Crippen molar-refractivity contribution in [2.75, 3.05) is 13.1 Å². The molecule has 2 atom stereocenters. The first kappa shape index (κ1) is 16.3. The molecule has 2 aliphatic rings. The van der Waals surface area contributed by atoms with Gasteiger partial charge in [0.1, 0.15) is 0 Å². The predicted molar refractivity (Wildman–Crippen MR) is 77.0 cm³/mol. The molecule has 0 spiro atoms. The molecule has 1 saturated heterocycles. The Bertz CT molecular complexity index is 568. The highest BCUT2D eigenvalue weighted by molar-refractivity contribution is 5.96. The van der Waals surface area contributed by atoms with Gasteiger partial charge in [0.15, 0.2) is 5.60 Å². The van der Waals surface area contributed by atoms with E-state index >= 15 is 0 Å². The third-order valence-electron chi connectivity index (χ3n) is 5.70. The van der Waals surface area contributed by atoms with Crippen LogP contribution in [0.4, 0.5) is 0 Å². The lowest BCUT2D eigenvalue weighted by atomic mass is 9.66. The Morgan fingerprint density at radius 1 is 1.18 bits per heavy atom. The van der Waals surface area contributed by atoms with E-state index in [0.717, 1.165) is 0 Å². The molecule has 1 aliphatic heterocycles. The number of fused-ring (bicyclic) bond motifs is 2. The van der Waals surface area contributed by atoms with Crippen LogP contribution in [0.2, 0.25) is 0 Å². The molecule has 2 bridgehead atoms. The van der Waals surface area contributed by atoms with Gasteiger partial charge in [-0.05, 0) is 19.8 Å². The van der Waals surface area contributed by atoms with Crippen LogP contribution < -0.4 is 0 Å². The number of hydrogen-bond acceptors (Lipinski definition) is 5. The van der Waals surface area contributed by atoms with Gasteiger partial charge in [0.25, 0.3) is 5.91 Å². The average Bonchev–Trinajstić information content (AvgIpc) is 2.77. The Morgan fingerprint density at radius 3 is 2.09 bits per heavy atom. The summed E-state index contributed by atoms with van der Waals surface area (Å²) in [6.07, 6.45) is 1.50. The van der Waals surface area contributed by atoms with E-state index in [4.69, 9.17) is 15.3 Å². The predicted octanol–water partition coefficient (Wildman–Crippen LogP) is 1.76. The lowest BCUT2D eigenvalue weighted by Gasteiger charge is -2.38. The van der Waals surface area contributed by atoms with Crippen LogP contribution >= 0.6 is 0 Å². The molecule has 6 nitrogen and oxygen atoms in total. The second kappa shape index (κ2) is 5.28. The van der Waals surface area contributed by atoms with Crippen LogP contribution in [0.3, 0.4) is 0 Å². The van der Waals surface area contributed by atoms with Gasteiger partial charge in [-0.3, -0.25) is 9.59 Å². The molecular weight excluding hydrogens is 282 g/mol. The lowest BCUT2D eigenvalue weighted by molar-refractivity contribution is -0.174. The van der Waals surface area contributed by atoms with Crippen molar-refractivity contribution in [3.05, 3.63) is 0 Å². The van der Waals surface area contributed by atoms with Crippen LogP contribution in [-0.2, 0) is 14.3 Å². The number of nitrogens with zero attached hydrogens (tertiary/aromatic N) is 3. The summed E-state index contributed by atoms with van der Waals surface area (Å²) in [4.78, 5) is 26.8. The van der Waals surface area contributed by atoms with Gasteiger partial charge in [-0.15, -0.1) is 0 Å². The molecule has 0 unspecified atom stereocenters. The SMILES string of the molecule is CC1(C)[C@@]2(C(=O)N(CCC#N)CCC#N)CC[C@]1(C)C(=O)O2. The molecule has 1 heterocycles. The van der Waals surface area contributed by atoms with E-state index in [-0.39, 0.29) is 37.8 Å². The maximum Gasteiger partial charge on any atom is 0.313 e. The van der Waals surface area contributed by atoms with E-state index in [9.17, 15) is 9.59 Å². The first-order valence-corrected chi connectivity index (χ1v) is 7.53. The van der Waals surface area contributed by atoms with E-state index < -0.39 is 16.4 Å². The van der Waals surface area contributed by atoms with Gasteiger partial charge in [-0.1, -0.05) is 13.8 Å². The molecule has 0 aromatic rings. The molecule has 2 fully saturated rings. The molecule has 1 amide bonds. The van der Waals surface area contributed by atoms with Crippen LogP contribution in [0.1, 0.15) is 46.5 Å². The molecule has 1 aliphatic carbocycles. The number of ether oxygens (including phenoxy) is 1. The monoisotopic (exact) mass is 303 g/mol. The molecule has 6 heteroatoms. The van der Waals surface area contributed by atoms with Gasteiger partial charge in [0.05, 0.1) is 30.4 Å². The van der Waals surface area contributed by atoms with E-state index in [1.165, 1.54) is 4.90 Å². The number of hydrogen-bond donors (Lipinski definition) is 0. The minimum atomic E-state index is -1.16. The van der Waals surface area contributed by atoms with Crippen molar-refractivity contribution in [1.29, 1.82) is 10.5 Å². The van der Waals surface area contributed by atoms with Gasteiger partial charge in [-0.25, -0.2) is 0 Å². The minimum absolute atomic E-state index is 0.193. The van der Waals surface area contributed by atoms with Crippen LogP contribution in [0.25, 0.3) is 0 Å². The quantitative estimate of drug-likeness (QED) is 0.721. The highest BCUT2D eigenvalue weighted by Gasteiger charge is 2.76. The summed E-state index contributed by atoms with van der Waals surface area (Å²) in [5, 5.41) is 17.5. The second-order valence-electron chi connectivity index (χ2n) is 6.78. The van der Waals surface area contributed by atoms with E-state index in [1.54, 1.807) is 0 Å². The number of esters is 1. The van der Waals surface area contributed by atoms with Gasteiger partial charge in [0.2, 0.25) is 0 Å². The minimum Gasteiger partial charge on any atom is -0.448 e. The molecule has 22 heavy (non-hydrogen) atoms. The van der Waals surface area contributed by atoms with Crippen LogP contribution in [0, 0.1) is 33.5 Å². The van der Waals surface area contributed by atoms with E-state index in [1.807, 2.05) is 32.9 Å². The maximum absolute atomic E-state index is 13.1. The number of rotatable bonds is 5. The molecule has 0 radical (unpaired) electrons. The Labute approximate surface area is 130 Å². The first-order chi connectivity index (χ1) is 10.3. The van der Waals surface area contributed by atoms with Crippen molar-refractivity contribution in [2.45, 2.75) is 52.1 Å². The summed E-state index contributed by atoms with van der Waals surface area (Å²) in [6, 6.07) is 4.03. The largest absolute Gasteiger partial charge is 0.448 e. The van der Waals surface area contributed by atoms with E-state index in [0.29, 0.717) is 12.8 Å². The third kappa shape index (κ3) is 1.90. The van der Waals surface area contributed by atoms with E-state index in [2.05, 4.69) is 0 Å². The molecule has 2 rings (SSSR count). The van der Waals surface area contributed by atoms with Crippen LogP contribution in [0.15, 0.2) is 0 Å². The van der Waals surface area contributed by atoms with Crippen molar-refractivity contribution >= 4 is 11.9 Å². The number of carbonyl (C=O) groups is 2. The summed E-state index contributed by atoms with van der Waals surface area (Å²) in [7, 11) is 0. The van der Waals surface area contributed by atoms with Crippen LogP contribution in [0.5, 0.6) is 0 Å². The van der Waals surface area contributed by atoms with Gasteiger partial charge in [0, 0.05) is 18.5 Å². The third-order valence-corrected chi connectivity index (χ3v) is 5.70. The molecule has 0 aromatic heterocycles. The zero-order chi connectivity index (χ0) is 16.6. The smallest absolute Gasteiger partial charge is 0.313 e. The fraction of sp³-hybridized carbons (Fsp3) is 0.750. The molecule has 118 valence electrons. The zero-order valence-corrected chi connectivity index (χ0v) is 13.3. The van der Waals surface area contributed by atoms with Gasteiger partial charge < -0.3 is 9.64 Å². The zero-order valence-electron chi connectivity index (χ0n) is 13.3. The molecular formula is C16H21N3O3. The Morgan fingerprint density at radius 2 is 1.73 bits per heavy atom. The normalized spacial score (nSPS) is 31.2. The standard InChI is InChI=1S/C16H21N3O3/c1-14(2)15(3)6-7-16(14,22-13(15)21)12(20)19(10-4-8-17)11-5-9-18/h4-7,10-11H2,1-3H3/t15-,16+/m1/s1. The summed E-state index contributed by atoms with van der Waals surface area (Å²) < 4.78 is 5.57. The maximum atomic E-state index is 13.1. The van der Waals surface area contributed by atoms with Crippen molar-refractivity contribution in [3.63, 3.8) is 0 Å². The average molecular weight is 303 g/mol.